The van der Waals surface area contributed by atoms with Crippen LogP contribution in [0.5, 0.6) is 5.75 Å². The van der Waals surface area contributed by atoms with Gasteiger partial charge in [0.1, 0.15) is 23.2 Å². The molecule has 4 nitrogen and oxygen atoms in total. The predicted octanol–water partition coefficient (Wildman–Crippen LogP) is 4.97. The molecule has 0 spiro atoms. The second kappa shape index (κ2) is 9.34. The Kier molecular flexibility index (Phi) is 6.39. The van der Waals surface area contributed by atoms with Crippen LogP contribution in [0, 0.1) is 17.1 Å². The van der Waals surface area contributed by atoms with Crippen molar-refractivity contribution in [2.45, 2.75) is 6.42 Å². The zero-order chi connectivity index (χ0) is 20.6. The van der Waals surface area contributed by atoms with Gasteiger partial charge < -0.3 is 10.1 Å². The summed E-state index contributed by atoms with van der Waals surface area (Å²) >= 11 is 0. The lowest BCUT2D eigenvalue weighted by molar-refractivity contribution is -0.112. The van der Waals surface area contributed by atoms with Gasteiger partial charge in [-0.1, -0.05) is 36.4 Å². The fourth-order valence-corrected chi connectivity index (χ4v) is 2.88. The summed E-state index contributed by atoms with van der Waals surface area (Å²) in [5.74, 6) is -0.129. The minimum Gasteiger partial charge on any atom is -0.497 e. The van der Waals surface area contributed by atoms with Gasteiger partial charge in [-0.25, -0.2) is 4.39 Å². The maximum Gasteiger partial charge on any atom is 0.266 e. The molecule has 0 heterocycles. The van der Waals surface area contributed by atoms with E-state index < -0.39 is 5.91 Å². The molecule has 144 valence electrons. The van der Waals surface area contributed by atoms with E-state index in [1.54, 1.807) is 43.5 Å². The lowest BCUT2D eigenvalue weighted by Gasteiger charge is -2.08. The molecule has 3 rings (SSSR count). The highest BCUT2D eigenvalue weighted by molar-refractivity contribution is 6.09. The Labute approximate surface area is 168 Å². The predicted molar refractivity (Wildman–Crippen MR) is 111 cm³/mol. The summed E-state index contributed by atoms with van der Waals surface area (Å²) in [4.78, 5) is 12.5. The van der Waals surface area contributed by atoms with Crippen LogP contribution >= 0.6 is 0 Å². The molecule has 5 heteroatoms. The number of carbonyl (C=O) groups is 1. The number of hydrogen-bond acceptors (Lipinski definition) is 3. The third kappa shape index (κ3) is 5.30. The molecule has 29 heavy (non-hydrogen) atoms. The molecule has 1 amide bonds. The van der Waals surface area contributed by atoms with Crippen LogP contribution in [-0.4, -0.2) is 13.0 Å². The Bertz CT molecular complexity index is 1080. The SMILES string of the molecule is COc1ccc(NC(=O)/C(C#N)=C/c2ccccc2Cc2cccc(F)c2)cc1. The van der Waals surface area contributed by atoms with Crippen molar-refractivity contribution in [3.8, 4) is 11.8 Å². The van der Waals surface area contributed by atoms with E-state index in [1.807, 2.05) is 36.4 Å². The normalized spacial score (nSPS) is 10.9. The number of nitrogens with one attached hydrogen (secondary N) is 1. The third-order valence-corrected chi connectivity index (χ3v) is 4.35. The fraction of sp³-hybridized carbons (Fsp3) is 0.0833. The summed E-state index contributed by atoms with van der Waals surface area (Å²) < 4.78 is 18.6. The molecule has 0 aliphatic carbocycles. The molecule has 0 bridgehead atoms. The first-order chi connectivity index (χ1) is 14.1. The van der Waals surface area contributed by atoms with E-state index in [-0.39, 0.29) is 11.4 Å². The summed E-state index contributed by atoms with van der Waals surface area (Å²) in [5.41, 5.74) is 2.98. The van der Waals surface area contributed by atoms with Gasteiger partial charge in [-0.15, -0.1) is 0 Å². The quantitative estimate of drug-likeness (QED) is 0.481. The van der Waals surface area contributed by atoms with Crippen LogP contribution in [0.3, 0.4) is 0 Å². The molecule has 1 N–H and O–H groups in total. The fourth-order valence-electron chi connectivity index (χ4n) is 2.88. The Morgan fingerprint density at radius 1 is 1.10 bits per heavy atom. The lowest BCUT2D eigenvalue weighted by atomic mass is 9.98. The highest BCUT2D eigenvalue weighted by Gasteiger charge is 2.11. The Balaban J connectivity index is 1.83. The highest BCUT2D eigenvalue weighted by Crippen LogP contribution is 2.20. The van der Waals surface area contributed by atoms with Crippen LogP contribution < -0.4 is 10.1 Å². The Morgan fingerprint density at radius 2 is 1.86 bits per heavy atom. The molecule has 0 fully saturated rings. The number of carbonyl (C=O) groups excluding carboxylic acids is 1. The van der Waals surface area contributed by atoms with Crippen LogP contribution in [-0.2, 0) is 11.2 Å². The van der Waals surface area contributed by atoms with Gasteiger partial charge in [0.25, 0.3) is 5.91 Å². The molecular formula is C24H19FN2O2. The Morgan fingerprint density at radius 3 is 2.55 bits per heavy atom. The van der Waals surface area contributed by atoms with Crippen molar-refractivity contribution in [2.24, 2.45) is 0 Å². The minimum atomic E-state index is -0.502. The van der Waals surface area contributed by atoms with Gasteiger partial charge in [0, 0.05) is 5.69 Å². The number of ether oxygens (including phenoxy) is 1. The van der Waals surface area contributed by atoms with Crippen molar-refractivity contribution in [1.82, 2.24) is 0 Å². The van der Waals surface area contributed by atoms with Gasteiger partial charge in [-0.05, 0) is 65.6 Å². The maximum atomic E-state index is 13.5. The topological polar surface area (TPSA) is 62.1 Å². The number of rotatable bonds is 6. The van der Waals surface area contributed by atoms with Gasteiger partial charge in [0.05, 0.1) is 7.11 Å². The van der Waals surface area contributed by atoms with Crippen molar-refractivity contribution in [3.05, 3.63) is 101 Å². The van der Waals surface area contributed by atoms with E-state index in [2.05, 4.69) is 5.32 Å². The van der Waals surface area contributed by atoms with Crippen LogP contribution in [0.15, 0.2) is 78.4 Å². The maximum absolute atomic E-state index is 13.5. The van der Waals surface area contributed by atoms with Crippen molar-refractivity contribution in [3.63, 3.8) is 0 Å². The van der Waals surface area contributed by atoms with Crippen molar-refractivity contribution in [1.29, 1.82) is 5.26 Å². The number of halogens is 1. The molecule has 0 unspecified atom stereocenters. The van der Waals surface area contributed by atoms with Gasteiger partial charge in [0.15, 0.2) is 0 Å². The average Bonchev–Trinajstić information content (AvgIpc) is 2.73. The molecule has 0 saturated heterocycles. The summed E-state index contributed by atoms with van der Waals surface area (Å²) in [6.45, 7) is 0. The van der Waals surface area contributed by atoms with E-state index in [4.69, 9.17) is 4.74 Å². The standard InChI is InChI=1S/C24H19FN2O2/c1-29-23-11-9-22(10-12-23)27-24(28)20(16-26)15-19-7-3-2-6-18(19)13-17-5-4-8-21(25)14-17/h2-12,14-15H,13H2,1H3,(H,27,28)/b20-15+. The van der Waals surface area contributed by atoms with Gasteiger partial charge in [0.2, 0.25) is 0 Å². The molecule has 0 aliphatic heterocycles. The summed E-state index contributed by atoms with van der Waals surface area (Å²) in [6.07, 6.45) is 2.04. The molecule has 0 radical (unpaired) electrons. The first-order valence-corrected chi connectivity index (χ1v) is 8.98. The van der Waals surface area contributed by atoms with Crippen molar-refractivity contribution >= 4 is 17.7 Å². The van der Waals surface area contributed by atoms with Gasteiger partial charge >= 0.3 is 0 Å². The van der Waals surface area contributed by atoms with Crippen LogP contribution in [0.1, 0.15) is 16.7 Å². The second-order valence-corrected chi connectivity index (χ2v) is 6.36. The average molecular weight is 386 g/mol. The van der Waals surface area contributed by atoms with E-state index in [9.17, 15) is 14.4 Å². The number of nitrogens with zero attached hydrogens (tertiary/aromatic N) is 1. The zero-order valence-electron chi connectivity index (χ0n) is 15.9. The largest absolute Gasteiger partial charge is 0.497 e. The van der Waals surface area contributed by atoms with E-state index in [0.29, 0.717) is 17.9 Å². The smallest absolute Gasteiger partial charge is 0.266 e. The molecule has 3 aromatic rings. The van der Waals surface area contributed by atoms with Crippen LogP contribution in [0.2, 0.25) is 0 Å². The zero-order valence-corrected chi connectivity index (χ0v) is 15.9. The molecule has 0 saturated carbocycles. The lowest BCUT2D eigenvalue weighted by Crippen LogP contribution is -2.13. The monoisotopic (exact) mass is 386 g/mol. The number of hydrogen-bond donors (Lipinski definition) is 1. The molecule has 0 aliphatic rings. The van der Waals surface area contributed by atoms with Gasteiger partial charge in [-0.3, -0.25) is 4.79 Å². The van der Waals surface area contributed by atoms with Crippen LogP contribution in [0.25, 0.3) is 6.08 Å². The Hall–Kier alpha value is -3.91. The first-order valence-electron chi connectivity index (χ1n) is 8.98. The summed E-state index contributed by atoms with van der Waals surface area (Å²) in [6, 6.07) is 22.6. The molecule has 0 aromatic heterocycles. The first kappa shape index (κ1) is 19.8. The van der Waals surface area contributed by atoms with Crippen molar-refractivity contribution in [2.75, 3.05) is 12.4 Å². The number of amides is 1. The summed E-state index contributed by atoms with van der Waals surface area (Å²) in [7, 11) is 1.56. The molecule has 0 atom stereocenters. The molecule has 3 aromatic carbocycles. The number of methoxy groups -OCH3 is 1. The second-order valence-electron chi connectivity index (χ2n) is 6.36. The minimum absolute atomic E-state index is 0.0208. The van der Waals surface area contributed by atoms with Crippen LogP contribution in [0.4, 0.5) is 10.1 Å². The molecular weight excluding hydrogens is 367 g/mol. The number of benzene rings is 3. The third-order valence-electron chi connectivity index (χ3n) is 4.35. The van der Waals surface area contributed by atoms with E-state index in [1.165, 1.54) is 12.1 Å². The van der Waals surface area contributed by atoms with E-state index in [0.717, 1.165) is 16.7 Å². The van der Waals surface area contributed by atoms with E-state index >= 15 is 0 Å². The number of anilines is 1. The van der Waals surface area contributed by atoms with Gasteiger partial charge in [-0.2, -0.15) is 5.26 Å². The van der Waals surface area contributed by atoms with Crippen molar-refractivity contribution < 1.29 is 13.9 Å². The highest BCUT2D eigenvalue weighted by atomic mass is 19.1. The number of nitriles is 1. The summed E-state index contributed by atoms with van der Waals surface area (Å²) in [5, 5.41) is 12.2.